The molecule has 0 amide bonds. The van der Waals surface area contributed by atoms with E-state index in [0.29, 0.717) is 11.1 Å². The van der Waals surface area contributed by atoms with Crippen LogP contribution in [0.15, 0.2) is 0 Å². The van der Waals surface area contributed by atoms with Gasteiger partial charge in [-0.2, -0.15) is 0 Å². The van der Waals surface area contributed by atoms with Gasteiger partial charge in [-0.25, -0.2) is 4.98 Å². The van der Waals surface area contributed by atoms with Gasteiger partial charge in [0.25, 0.3) is 0 Å². The number of rotatable bonds is 4. The average Bonchev–Trinajstić information content (AvgIpc) is 2.31. The molecule has 0 radical (unpaired) electrons. The summed E-state index contributed by atoms with van der Waals surface area (Å²) in [5.74, 6) is 1.50. The summed E-state index contributed by atoms with van der Waals surface area (Å²) < 4.78 is 0. The fourth-order valence-corrected chi connectivity index (χ4v) is 1.46. The number of halogens is 1. The summed E-state index contributed by atoms with van der Waals surface area (Å²) in [7, 11) is 1.89. The lowest BCUT2D eigenvalue weighted by Gasteiger charge is -2.01. The van der Waals surface area contributed by atoms with Gasteiger partial charge in [-0.05, 0) is 19.4 Å². The van der Waals surface area contributed by atoms with Crippen molar-refractivity contribution in [3.63, 3.8) is 0 Å². The summed E-state index contributed by atoms with van der Waals surface area (Å²) >= 11 is 5.95. The third kappa shape index (κ3) is 3.01. The first-order valence-electron chi connectivity index (χ1n) is 4.51. The Morgan fingerprint density at radius 1 is 1.54 bits per heavy atom. The van der Waals surface area contributed by atoms with E-state index in [4.69, 9.17) is 11.6 Å². The molecule has 0 unspecified atom stereocenters. The molecule has 0 aliphatic rings. The molecule has 13 heavy (non-hydrogen) atoms. The van der Waals surface area contributed by atoms with E-state index in [1.807, 2.05) is 7.05 Å². The van der Waals surface area contributed by atoms with Crippen LogP contribution in [0.3, 0.4) is 0 Å². The lowest BCUT2D eigenvalue weighted by atomic mass is 10.1. The van der Waals surface area contributed by atoms with Gasteiger partial charge in [0, 0.05) is 0 Å². The van der Waals surface area contributed by atoms with E-state index in [0.717, 1.165) is 24.5 Å². The van der Waals surface area contributed by atoms with Crippen molar-refractivity contribution in [2.45, 2.75) is 26.8 Å². The number of nitrogens with one attached hydrogen (secondary N) is 2. The molecule has 0 aromatic carbocycles. The molecule has 3 nitrogen and oxygen atoms in total. The van der Waals surface area contributed by atoms with Crippen molar-refractivity contribution in [2.24, 2.45) is 5.92 Å². The van der Waals surface area contributed by atoms with Gasteiger partial charge in [0.15, 0.2) is 0 Å². The van der Waals surface area contributed by atoms with Gasteiger partial charge < -0.3 is 10.3 Å². The van der Waals surface area contributed by atoms with Crippen molar-refractivity contribution in [3.8, 4) is 0 Å². The van der Waals surface area contributed by atoms with E-state index in [1.54, 1.807) is 0 Å². The zero-order valence-electron chi connectivity index (χ0n) is 8.32. The molecule has 1 aromatic rings. The predicted octanol–water partition coefficient (Wildman–Crippen LogP) is 1.98. The zero-order valence-corrected chi connectivity index (χ0v) is 9.07. The number of hydrogen-bond acceptors (Lipinski definition) is 2. The van der Waals surface area contributed by atoms with E-state index < -0.39 is 0 Å². The quantitative estimate of drug-likeness (QED) is 0.782. The zero-order chi connectivity index (χ0) is 9.84. The number of aromatic nitrogens is 2. The highest BCUT2D eigenvalue weighted by Crippen LogP contribution is 2.16. The van der Waals surface area contributed by atoms with Crippen LogP contribution in [0.1, 0.15) is 25.4 Å². The van der Waals surface area contributed by atoms with Crippen LogP contribution in [-0.4, -0.2) is 17.0 Å². The van der Waals surface area contributed by atoms with Crippen LogP contribution in [0.5, 0.6) is 0 Å². The van der Waals surface area contributed by atoms with Gasteiger partial charge in [-0.1, -0.05) is 25.4 Å². The molecule has 0 aliphatic carbocycles. The van der Waals surface area contributed by atoms with Crippen LogP contribution in [0, 0.1) is 5.92 Å². The van der Waals surface area contributed by atoms with Gasteiger partial charge in [-0.3, -0.25) is 0 Å². The fourth-order valence-electron chi connectivity index (χ4n) is 1.23. The summed E-state index contributed by atoms with van der Waals surface area (Å²) in [5, 5.41) is 3.64. The third-order valence-electron chi connectivity index (χ3n) is 1.73. The molecule has 0 saturated carbocycles. The van der Waals surface area contributed by atoms with Gasteiger partial charge in [-0.15, -0.1) is 0 Å². The monoisotopic (exact) mass is 201 g/mol. The smallest absolute Gasteiger partial charge is 0.150 e. The first kappa shape index (κ1) is 10.5. The van der Waals surface area contributed by atoms with Crippen molar-refractivity contribution in [3.05, 3.63) is 16.7 Å². The van der Waals surface area contributed by atoms with Crippen LogP contribution < -0.4 is 5.32 Å². The molecular weight excluding hydrogens is 186 g/mol. The highest BCUT2D eigenvalue weighted by atomic mass is 35.5. The van der Waals surface area contributed by atoms with Crippen molar-refractivity contribution >= 4 is 11.6 Å². The maximum atomic E-state index is 5.95. The molecule has 1 aromatic heterocycles. The summed E-state index contributed by atoms with van der Waals surface area (Å²) in [5.41, 5.74) is 1.04. The molecule has 4 heteroatoms. The van der Waals surface area contributed by atoms with Crippen LogP contribution in [0.4, 0.5) is 0 Å². The van der Waals surface area contributed by atoms with Gasteiger partial charge >= 0.3 is 0 Å². The molecule has 0 saturated heterocycles. The number of aromatic amines is 1. The number of hydrogen-bond donors (Lipinski definition) is 2. The Bertz CT molecular complexity index is 268. The molecule has 0 bridgehead atoms. The van der Waals surface area contributed by atoms with Crippen molar-refractivity contribution in [2.75, 3.05) is 7.05 Å². The molecule has 1 rings (SSSR count). The first-order chi connectivity index (χ1) is 6.13. The highest BCUT2D eigenvalue weighted by Gasteiger charge is 2.08. The predicted molar refractivity (Wildman–Crippen MR) is 54.9 cm³/mol. The second kappa shape index (κ2) is 4.63. The maximum absolute atomic E-state index is 5.95. The van der Waals surface area contributed by atoms with E-state index in [-0.39, 0.29) is 0 Å². The number of nitrogens with zero attached hydrogens (tertiary/aromatic N) is 1. The van der Waals surface area contributed by atoms with Crippen LogP contribution >= 0.6 is 11.6 Å². The fraction of sp³-hybridized carbons (Fsp3) is 0.667. The third-order valence-corrected chi connectivity index (χ3v) is 2.05. The Morgan fingerprint density at radius 3 is 2.77 bits per heavy atom. The summed E-state index contributed by atoms with van der Waals surface area (Å²) in [4.78, 5) is 7.41. The minimum Gasteiger partial charge on any atom is -0.343 e. The molecule has 0 spiro atoms. The minimum absolute atomic E-state index is 0.598. The van der Waals surface area contributed by atoms with E-state index in [1.165, 1.54) is 0 Å². The molecular formula is C9H16ClN3. The Balaban J connectivity index is 2.71. The topological polar surface area (TPSA) is 40.7 Å². The second-order valence-corrected chi connectivity index (χ2v) is 3.94. The van der Waals surface area contributed by atoms with Gasteiger partial charge in [0.1, 0.15) is 11.0 Å². The Morgan fingerprint density at radius 2 is 2.23 bits per heavy atom. The summed E-state index contributed by atoms with van der Waals surface area (Å²) in [6.07, 6.45) is 0.954. The Labute approximate surface area is 83.9 Å². The SMILES string of the molecule is CNCc1nc(Cl)c(CC(C)C)[nH]1. The highest BCUT2D eigenvalue weighted by molar-refractivity contribution is 6.30. The summed E-state index contributed by atoms with van der Waals surface area (Å²) in [6, 6.07) is 0. The van der Waals surface area contributed by atoms with Crippen molar-refractivity contribution < 1.29 is 0 Å². The standard InChI is InChI=1S/C9H16ClN3/c1-6(2)4-7-9(10)13-8(12-7)5-11-3/h6,11H,4-5H2,1-3H3,(H,12,13). The van der Waals surface area contributed by atoms with E-state index >= 15 is 0 Å². The molecule has 0 atom stereocenters. The first-order valence-corrected chi connectivity index (χ1v) is 4.89. The van der Waals surface area contributed by atoms with Crippen LogP contribution in [0.2, 0.25) is 5.15 Å². The number of H-pyrrole nitrogens is 1. The summed E-state index contributed by atoms with van der Waals surface area (Å²) in [6.45, 7) is 5.06. The molecule has 2 N–H and O–H groups in total. The lowest BCUT2D eigenvalue weighted by molar-refractivity contribution is 0.635. The maximum Gasteiger partial charge on any atom is 0.150 e. The molecule has 0 aliphatic heterocycles. The Kier molecular flexibility index (Phi) is 3.75. The number of imidazole rings is 1. The van der Waals surface area contributed by atoms with Crippen LogP contribution in [-0.2, 0) is 13.0 Å². The Hall–Kier alpha value is -0.540. The lowest BCUT2D eigenvalue weighted by Crippen LogP contribution is -2.06. The largest absolute Gasteiger partial charge is 0.343 e. The van der Waals surface area contributed by atoms with Crippen molar-refractivity contribution in [1.82, 2.24) is 15.3 Å². The molecule has 1 heterocycles. The minimum atomic E-state index is 0.598. The van der Waals surface area contributed by atoms with Crippen LogP contribution in [0.25, 0.3) is 0 Å². The normalized spacial score (nSPS) is 11.2. The van der Waals surface area contributed by atoms with E-state index in [9.17, 15) is 0 Å². The molecule has 74 valence electrons. The van der Waals surface area contributed by atoms with Crippen molar-refractivity contribution in [1.29, 1.82) is 0 Å². The van der Waals surface area contributed by atoms with Gasteiger partial charge in [0.2, 0.25) is 0 Å². The molecule has 0 fully saturated rings. The van der Waals surface area contributed by atoms with E-state index in [2.05, 4.69) is 29.1 Å². The van der Waals surface area contributed by atoms with Gasteiger partial charge in [0.05, 0.1) is 12.2 Å². The average molecular weight is 202 g/mol. The second-order valence-electron chi connectivity index (χ2n) is 3.58.